The van der Waals surface area contributed by atoms with Gasteiger partial charge in [0.2, 0.25) is 0 Å². The van der Waals surface area contributed by atoms with Crippen molar-refractivity contribution in [3.8, 4) is 11.4 Å². The van der Waals surface area contributed by atoms with E-state index >= 15 is 0 Å². The number of benzene rings is 1. The molecule has 1 aromatic carbocycles. The number of aromatic nitrogens is 2. The third-order valence-electron chi connectivity index (χ3n) is 5.56. The summed E-state index contributed by atoms with van der Waals surface area (Å²) in [6.45, 7) is 13.5. The van der Waals surface area contributed by atoms with Crippen molar-refractivity contribution in [1.29, 1.82) is 0 Å². The molecule has 1 aliphatic heterocycles. The van der Waals surface area contributed by atoms with Gasteiger partial charge in [0.1, 0.15) is 23.8 Å². The van der Waals surface area contributed by atoms with Crippen LogP contribution in [0, 0.1) is 5.41 Å². The molecule has 0 radical (unpaired) electrons. The minimum atomic E-state index is -0.814. The summed E-state index contributed by atoms with van der Waals surface area (Å²) < 4.78 is 7.51. The smallest absolute Gasteiger partial charge is 0.410 e. The number of amides is 3. The number of hydrogen-bond acceptors (Lipinski definition) is 7. The minimum absolute atomic E-state index is 0.167. The van der Waals surface area contributed by atoms with Crippen LogP contribution in [0.1, 0.15) is 64.6 Å². The molecule has 0 bridgehead atoms. The maximum atomic E-state index is 13.5. The van der Waals surface area contributed by atoms with Crippen molar-refractivity contribution in [1.82, 2.24) is 30.6 Å². The van der Waals surface area contributed by atoms with E-state index in [-0.39, 0.29) is 18.1 Å². The Balaban J connectivity index is 0.00000161. The highest BCUT2D eigenvalue weighted by molar-refractivity contribution is 5.98. The van der Waals surface area contributed by atoms with Crippen LogP contribution in [0.4, 0.5) is 4.79 Å². The molecule has 0 saturated carbocycles. The fraction of sp³-hybridized carbons (Fsp3) is 0.519. The third-order valence-corrected chi connectivity index (χ3v) is 5.56. The summed E-state index contributed by atoms with van der Waals surface area (Å²) in [7, 11) is 1.59. The largest absolute Gasteiger partial charge is 0.444 e. The Hall–Kier alpha value is -3.73. The maximum Gasteiger partial charge on any atom is 0.410 e. The van der Waals surface area contributed by atoms with Gasteiger partial charge in [-0.1, -0.05) is 51.1 Å². The van der Waals surface area contributed by atoms with Gasteiger partial charge >= 0.3 is 6.09 Å². The Kier molecular flexibility index (Phi) is 10.2. The predicted octanol–water partition coefficient (Wildman–Crippen LogP) is 2.90. The summed E-state index contributed by atoms with van der Waals surface area (Å²) in [5.41, 5.74) is 5.62. The van der Waals surface area contributed by atoms with Crippen molar-refractivity contribution in [3.63, 3.8) is 0 Å². The lowest BCUT2D eigenvalue weighted by molar-refractivity contribution is -0.126. The van der Waals surface area contributed by atoms with Gasteiger partial charge < -0.3 is 24.3 Å². The van der Waals surface area contributed by atoms with Crippen LogP contribution in [-0.2, 0) is 27.4 Å². The lowest BCUT2D eigenvalue weighted by Crippen LogP contribution is -2.56. The molecule has 0 spiro atoms. The number of carbonyl (C=O) groups excluding carboxylic acids is 4. The number of rotatable bonds is 5. The molecule has 11 nitrogen and oxygen atoms in total. The van der Waals surface area contributed by atoms with Gasteiger partial charge in [0.05, 0.1) is 12.2 Å². The van der Waals surface area contributed by atoms with Crippen molar-refractivity contribution in [2.75, 3.05) is 13.6 Å². The number of aldehydes is 1. The zero-order valence-corrected chi connectivity index (χ0v) is 23.5. The van der Waals surface area contributed by atoms with Crippen LogP contribution in [0.2, 0.25) is 0 Å². The van der Waals surface area contributed by atoms with E-state index in [0.717, 1.165) is 11.8 Å². The van der Waals surface area contributed by atoms with Crippen LogP contribution in [0.3, 0.4) is 0 Å². The number of fused-ring (bicyclic) bond motifs is 1. The van der Waals surface area contributed by atoms with Crippen molar-refractivity contribution in [2.24, 2.45) is 5.41 Å². The second-order valence-electron chi connectivity index (χ2n) is 10.9. The van der Waals surface area contributed by atoms with Gasteiger partial charge in [-0.25, -0.2) is 15.2 Å². The first-order chi connectivity index (χ1) is 17.7. The molecule has 3 N–H and O–H groups in total. The summed E-state index contributed by atoms with van der Waals surface area (Å²) in [6.07, 6.45) is 0.304. The predicted molar refractivity (Wildman–Crippen MR) is 144 cm³/mol. The second kappa shape index (κ2) is 12.7. The normalized spacial score (nSPS) is 13.8. The van der Waals surface area contributed by atoms with Crippen molar-refractivity contribution in [2.45, 2.75) is 73.2 Å². The van der Waals surface area contributed by atoms with Crippen LogP contribution < -0.4 is 16.2 Å². The van der Waals surface area contributed by atoms with E-state index in [1.165, 1.54) is 6.92 Å². The number of ether oxygens (including phenoxy) is 1. The quantitative estimate of drug-likeness (QED) is 0.401. The maximum absolute atomic E-state index is 13.5. The van der Waals surface area contributed by atoms with E-state index in [9.17, 15) is 14.4 Å². The molecular formula is C27H40N6O5. The fourth-order valence-electron chi connectivity index (χ4n) is 3.91. The van der Waals surface area contributed by atoms with E-state index < -0.39 is 29.1 Å². The highest BCUT2D eigenvalue weighted by Crippen LogP contribution is 2.28. The molecule has 3 amide bonds. The molecule has 1 atom stereocenters. The van der Waals surface area contributed by atoms with Gasteiger partial charge in [0.15, 0.2) is 5.69 Å². The number of imidazole rings is 1. The molecule has 0 aliphatic carbocycles. The molecule has 0 fully saturated rings. The highest BCUT2D eigenvalue weighted by Gasteiger charge is 2.36. The first kappa shape index (κ1) is 30.5. The van der Waals surface area contributed by atoms with Crippen LogP contribution in [0.25, 0.3) is 11.4 Å². The first-order valence-electron chi connectivity index (χ1n) is 12.5. The first-order valence-corrected chi connectivity index (χ1v) is 12.5. The molecule has 1 aromatic heterocycles. The lowest BCUT2D eigenvalue weighted by Gasteiger charge is -2.32. The van der Waals surface area contributed by atoms with Gasteiger partial charge in [-0.05, 0) is 33.1 Å². The van der Waals surface area contributed by atoms with Gasteiger partial charge in [-0.15, -0.1) is 0 Å². The van der Waals surface area contributed by atoms with E-state index in [1.54, 1.807) is 11.9 Å². The summed E-state index contributed by atoms with van der Waals surface area (Å²) in [4.78, 5) is 54.0. The number of nitrogens with zero attached hydrogens (tertiary/aromatic N) is 3. The SMILES string of the molecule is CC=O.CNNC(=O)C(NC(=O)c1nc(-c2ccccc2)n2c1CN(C(=O)OC(C)(C)C)CC2)C(C)(C)C. The Morgan fingerprint density at radius 3 is 2.18 bits per heavy atom. The molecule has 3 rings (SSSR count). The molecule has 11 heteroatoms. The van der Waals surface area contributed by atoms with Crippen LogP contribution >= 0.6 is 0 Å². The summed E-state index contributed by atoms with van der Waals surface area (Å²) in [6, 6.07) is 8.76. The van der Waals surface area contributed by atoms with Gasteiger partial charge in [0.25, 0.3) is 11.8 Å². The minimum Gasteiger partial charge on any atom is -0.444 e. The number of carbonyl (C=O) groups is 4. The zero-order valence-electron chi connectivity index (χ0n) is 23.5. The second-order valence-corrected chi connectivity index (χ2v) is 10.9. The van der Waals surface area contributed by atoms with Crippen molar-refractivity contribution >= 4 is 24.2 Å². The van der Waals surface area contributed by atoms with E-state index in [0.29, 0.717) is 24.6 Å². The number of nitrogens with one attached hydrogen (secondary N) is 3. The van der Waals surface area contributed by atoms with E-state index in [2.05, 4.69) is 16.2 Å². The molecule has 1 unspecified atom stereocenters. The monoisotopic (exact) mass is 528 g/mol. The number of hydrazine groups is 1. The van der Waals surface area contributed by atoms with E-state index in [4.69, 9.17) is 14.5 Å². The molecule has 2 heterocycles. The third kappa shape index (κ3) is 7.88. The molecule has 1 aliphatic rings. The Bertz CT molecular complexity index is 1130. The summed E-state index contributed by atoms with van der Waals surface area (Å²) >= 11 is 0. The zero-order chi connectivity index (χ0) is 28.7. The average molecular weight is 529 g/mol. The number of hydrogen-bond donors (Lipinski definition) is 3. The highest BCUT2D eigenvalue weighted by atomic mass is 16.6. The molecule has 208 valence electrons. The van der Waals surface area contributed by atoms with E-state index in [1.807, 2.05) is 76.4 Å². The lowest BCUT2D eigenvalue weighted by atomic mass is 9.86. The summed E-state index contributed by atoms with van der Waals surface area (Å²) in [5, 5.41) is 2.85. The van der Waals surface area contributed by atoms with Crippen molar-refractivity contribution < 1.29 is 23.9 Å². The van der Waals surface area contributed by atoms with Gasteiger partial charge in [-0.2, -0.15) is 0 Å². The Morgan fingerprint density at radius 2 is 1.66 bits per heavy atom. The van der Waals surface area contributed by atoms with Gasteiger partial charge in [-0.3, -0.25) is 15.0 Å². The molecule has 2 aromatic rings. The fourth-order valence-corrected chi connectivity index (χ4v) is 3.91. The topological polar surface area (TPSA) is 135 Å². The average Bonchev–Trinajstić information content (AvgIpc) is 3.21. The molecular weight excluding hydrogens is 488 g/mol. The van der Waals surface area contributed by atoms with Crippen LogP contribution in [0.5, 0.6) is 0 Å². The van der Waals surface area contributed by atoms with Crippen LogP contribution in [-0.4, -0.2) is 63.9 Å². The summed E-state index contributed by atoms with van der Waals surface area (Å²) in [5.74, 6) is -0.199. The molecule has 0 saturated heterocycles. The van der Waals surface area contributed by atoms with Gasteiger partial charge in [0, 0.05) is 25.7 Å². The Morgan fingerprint density at radius 1 is 1.05 bits per heavy atom. The Labute approximate surface area is 224 Å². The molecule has 38 heavy (non-hydrogen) atoms. The standard InChI is InChI=1S/C25H36N6O4.C2H4O/c1-24(2,3)19(22(33)29-26-7)28-21(32)18-17-15-30(23(34)35-25(4,5)6)13-14-31(17)20(27-18)16-11-9-8-10-12-16;1-2-3/h8-12,19,26H,13-15H2,1-7H3,(H,28,32)(H,29,33);2H,1H3. The van der Waals surface area contributed by atoms with Crippen molar-refractivity contribution in [3.05, 3.63) is 41.7 Å². The van der Waals surface area contributed by atoms with Crippen LogP contribution in [0.15, 0.2) is 30.3 Å².